The average Bonchev–Trinajstić information content (AvgIpc) is 3.30. The molecule has 0 saturated heterocycles. The maximum Gasteiger partial charge on any atom is 0.191 e. The van der Waals surface area contributed by atoms with Crippen LogP contribution in [0.2, 0.25) is 0 Å². The lowest BCUT2D eigenvalue weighted by Gasteiger charge is -2.14. The lowest BCUT2D eigenvalue weighted by atomic mass is 10.1. The highest BCUT2D eigenvalue weighted by atomic mass is 16.5. The zero-order valence-corrected chi connectivity index (χ0v) is 18.4. The molecule has 8 heteroatoms. The van der Waals surface area contributed by atoms with E-state index in [0.29, 0.717) is 36.3 Å². The first-order chi connectivity index (χ1) is 15.2. The number of hydrogen-bond donors (Lipinski definition) is 2. The summed E-state index contributed by atoms with van der Waals surface area (Å²) in [6, 6.07) is 15.7. The van der Waals surface area contributed by atoms with Crippen LogP contribution in [0.4, 0.5) is 0 Å². The summed E-state index contributed by atoms with van der Waals surface area (Å²) in [5.74, 6) is 2.64. The summed E-state index contributed by atoms with van der Waals surface area (Å²) in [5.41, 5.74) is 2.83. The molecule has 164 valence electrons. The highest BCUT2D eigenvalue weighted by Crippen LogP contribution is 2.34. The summed E-state index contributed by atoms with van der Waals surface area (Å²) < 4.78 is 18.1. The first kappa shape index (κ1) is 22.0. The molecule has 0 spiro atoms. The number of aliphatic imine (C=N–C) groups is 1. The molecule has 0 radical (unpaired) electrons. The van der Waals surface area contributed by atoms with E-state index in [9.17, 15) is 0 Å². The highest BCUT2D eigenvalue weighted by molar-refractivity contribution is 5.79. The van der Waals surface area contributed by atoms with Gasteiger partial charge in [-0.25, -0.2) is 9.67 Å². The molecule has 0 fully saturated rings. The maximum atomic E-state index is 5.50. The second kappa shape index (κ2) is 10.9. The van der Waals surface area contributed by atoms with Crippen LogP contribution in [0.1, 0.15) is 18.2 Å². The maximum absolute atomic E-state index is 5.50. The summed E-state index contributed by atoms with van der Waals surface area (Å²) in [7, 11) is 4.83. The van der Waals surface area contributed by atoms with Crippen LogP contribution in [0.15, 0.2) is 59.7 Å². The fourth-order valence-electron chi connectivity index (χ4n) is 3.08. The third kappa shape index (κ3) is 5.69. The Morgan fingerprint density at radius 1 is 0.935 bits per heavy atom. The van der Waals surface area contributed by atoms with Gasteiger partial charge in [0.2, 0.25) is 0 Å². The van der Waals surface area contributed by atoms with Crippen molar-refractivity contribution in [3.63, 3.8) is 0 Å². The van der Waals surface area contributed by atoms with Crippen molar-refractivity contribution >= 4 is 5.96 Å². The van der Waals surface area contributed by atoms with Gasteiger partial charge in [0, 0.05) is 24.4 Å². The molecular formula is C23H29N5O3. The molecular weight excluding hydrogens is 394 g/mol. The van der Waals surface area contributed by atoms with Crippen molar-refractivity contribution in [2.45, 2.75) is 20.0 Å². The van der Waals surface area contributed by atoms with Crippen LogP contribution in [0.5, 0.6) is 17.2 Å². The predicted octanol–water partition coefficient (Wildman–Crippen LogP) is 3.15. The third-order valence-corrected chi connectivity index (χ3v) is 4.64. The van der Waals surface area contributed by atoms with Crippen LogP contribution < -0.4 is 24.8 Å². The van der Waals surface area contributed by atoms with Gasteiger partial charge in [0.25, 0.3) is 0 Å². The van der Waals surface area contributed by atoms with Crippen LogP contribution in [-0.4, -0.2) is 43.6 Å². The average molecular weight is 424 g/mol. The molecule has 0 aliphatic rings. The normalized spacial score (nSPS) is 11.2. The minimum Gasteiger partial charge on any atom is -0.496 e. The van der Waals surface area contributed by atoms with Crippen molar-refractivity contribution in [2.75, 3.05) is 27.9 Å². The second-order valence-corrected chi connectivity index (χ2v) is 6.65. The molecule has 0 bridgehead atoms. The molecule has 2 aromatic carbocycles. The quantitative estimate of drug-likeness (QED) is 0.406. The lowest BCUT2D eigenvalue weighted by Crippen LogP contribution is -2.36. The first-order valence-electron chi connectivity index (χ1n) is 10.1. The predicted molar refractivity (Wildman–Crippen MR) is 121 cm³/mol. The van der Waals surface area contributed by atoms with Crippen molar-refractivity contribution < 1.29 is 14.2 Å². The number of para-hydroxylation sites is 1. The Labute approximate surface area is 182 Å². The van der Waals surface area contributed by atoms with Crippen LogP contribution >= 0.6 is 0 Å². The summed E-state index contributed by atoms with van der Waals surface area (Å²) in [5, 5.41) is 11.2. The van der Waals surface area contributed by atoms with Crippen molar-refractivity contribution in [2.24, 2.45) is 4.99 Å². The van der Waals surface area contributed by atoms with Gasteiger partial charge in [-0.3, -0.25) is 0 Å². The number of guanidine groups is 1. The van der Waals surface area contributed by atoms with Crippen LogP contribution in [0.25, 0.3) is 5.69 Å². The van der Waals surface area contributed by atoms with E-state index >= 15 is 0 Å². The minimum absolute atomic E-state index is 0.414. The Morgan fingerprint density at radius 2 is 1.65 bits per heavy atom. The van der Waals surface area contributed by atoms with Gasteiger partial charge in [-0.15, -0.1) is 0 Å². The number of aromatic nitrogens is 2. The number of methoxy groups -OCH3 is 3. The van der Waals surface area contributed by atoms with Gasteiger partial charge in [-0.2, -0.15) is 5.10 Å². The monoisotopic (exact) mass is 423 g/mol. The van der Waals surface area contributed by atoms with Crippen molar-refractivity contribution in [1.82, 2.24) is 20.4 Å². The molecule has 0 aliphatic heterocycles. The standard InChI is InChI=1S/C23H29N5O3/c1-5-24-23(25-15-17-13-21(30-3)22(31-4)14-20(17)29-2)26-16-18-11-12-28(27-18)19-9-7-6-8-10-19/h6-14H,5,15-16H2,1-4H3,(H2,24,25,26). The Bertz CT molecular complexity index is 1000. The zero-order valence-electron chi connectivity index (χ0n) is 18.4. The highest BCUT2D eigenvalue weighted by Gasteiger charge is 2.12. The SMILES string of the molecule is CCNC(=NCc1cc(OC)c(OC)cc1OC)NCc1ccn(-c2ccccc2)n1. The largest absolute Gasteiger partial charge is 0.496 e. The summed E-state index contributed by atoms with van der Waals surface area (Å²) in [6.07, 6.45) is 1.95. The van der Waals surface area contributed by atoms with Gasteiger partial charge < -0.3 is 24.8 Å². The fourth-order valence-corrected chi connectivity index (χ4v) is 3.08. The van der Waals surface area contributed by atoms with Gasteiger partial charge in [0.05, 0.1) is 45.8 Å². The molecule has 0 atom stereocenters. The number of nitrogens with one attached hydrogen (secondary N) is 2. The van der Waals surface area contributed by atoms with E-state index in [4.69, 9.17) is 14.2 Å². The number of nitrogens with zero attached hydrogens (tertiary/aromatic N) is 3. The second-order valence-electron chi connectivity index (χ2n) is 6.65. The Hall–Kier alpha value is -3.68. The van der Waals surface area contributed by atoms with Gasteiger partial charge in [0.15, 0.2) is 17.5 Å². The molecule has 8 nitrogen and oxygen atoms in total. The molecule has 0 aliphatic carbocycles. The molecule has 31 heavy (non-hydrogen) atoms. The van der Waals surface area contributed by atoms with E-state index in [0.717, 1.165) is 23.5 Å². The number of ether oxygens (including phenoxy) is 3. The van der Waals surface area contributed by atoms with Gasteiger partial charge in [-0.05, 0) is 31.2 Å². The minimum atomic E-state index is 0.414. The number of benzene rings is 2. The Kier molecular flexibility index (Phi) is 7.75. The van der Waals surface area contributed by atoms with E-state index in [2.05, 4.69) is 20.7 Å². The molecule has 0 unspecified atom stereocenters. The molecule has 2 N–H and O–H groups in total. The summed E-state index contributed by atoms with van der Waals surface area (Å²) in [4.78, 5) is 4.69. The van der Waals surface area contributed by atoms with Crippen molar-refractivity contribution in [3.05, 3.63) is 66.0 Å². The van der Waals surface area contributed by atoms with Crippen molar-refractivity contribution in [1.29, 1.82) is 0 Å². The molecule has 1 heterocycles. The van der Waals surface area contributed by atoms with Crippen molar-refractivity contribution in [3.8, 4) is 22.9 Å². The van der Waals surface area contributed by atoms with Gasteiger partial charge >= 0.3 is 0 Å². The number of rotatable bonds is 9. The van der Waals surface area contributed by atoms with Gasteiger partial charge in [0.1, 0.15) is 5.75 Å². The fraction of sp³-hybridized carbons (Fsp3) is 0.304. The third-order valence-electron chi connectivity index (χ3n) is 4.64. The van der Waals surface area contributed by atoms with E-state index in [1.165, 1.54) is 0 Å². The molecule has 1 aromatic heterocycles. The van der Waals surface area contributed by atoms with Crippen LogP contribution in [0.3, 0.4) is 0 Å². The van der Waals surface area contributed by atoms with E-state index in [1.54, 1.807) is 27.4 Å². The Morgan fingerprint density at radius 3 is 2.32 bits per heavy atom. The smallest absolute Gasteiger partial charge is 0.191 e. The van der Waals surface area contributed by atoms with E-state index in [-0.39, 0.29) is 0 Å². The number of hydrogen-bond acceptors (Lipinski definition) is 5. The molecule has 3 aromatic rings. The first-order valence-corrected chi connectivity index (χ1v) is 10.1. The molecule has 3 rings (SSSR count). The van der Waals surface area contributed by atoms with E-state index < -0.39 is 0 Å². The van der Waals surface area contributed by atoms with Crippen LogP contribution in [-0.2, 0) is 13.1 Å². The van der Waals surface area contributed by atoms with Crippen LogP contribution in [0, 0.1) is 0 Å². The summed E-state index contributed by atoms with van der Waals surface area (Å²) >= 11 is 0. The molecule has 0 amide bonds. The topological polar surface area (TPSA) is 81.9 Å². The molecule has 0 saturated carbocycles. The summed E-state index contributed by atoms with van der Waals surface area (Å²) in [6.45, 7) is 3.73. The van der Waals surface area contributed by atoms with E-state index in [1.807, 2.05) is 60.3 Å². The lowest BCUT2D eigenvalue weighted by molar-refractivity contribution is 0.347. The zero-order chi connectivity index (χ0) is 22.1. The Balaban J connectivity index is 1.70. The van der Waals surface area contributed by atoms with Gasteiger partial charge in [-0.1, -0.05) is 18.2 Å².